The summed E-state index contributed by atoms with van der Waals surface area (Å²) in [7, 11) is -3.05. The van der Waals surface area contributed by atoms with Crippen LogP contribution in [-0.2, 0) is 9.84 Å². The van der Waals surface area contributed by atoms with Crippen molar-refractivity contribution in [3.63, 3.8) is 0 Å². The maximum Gasteiger partial charge on any atom is 0.188 e. The lowest BCUT2D eigenvalue weighted by Gasteiger charge is -2.21. The second kappa shape index (κ2) is 4.85. The summed E-state index contributed by atoms with van der Waals surface area (Å²) in [5.74, 6) is 0.642. The topological polar surface area (TPSA) is 46.2 Å². The quantitative estimate of drug-likeness (QED) is 0.901. The van der Waals surface area contributed by atoms with Gasteiger partial charge in [-0.2, -0.15) is 0 Å². The maximum atomic E-state index is 12.1. The molecule has 0 unspecified atom stereocenters. The Labute approximate surface area is 101 Å². The van der Waals surface area contributed by atoms with Gasteiger partial charge in [0.15, 0.2) is 9.84 Å². The highest BCUT2D eigenvalue weighted by molar-refractivity contribution is 7.93. The molecule has 1 fully saturated rings. The van der Waals surface area contributed by atoms with E-state index in [0.29, 0.717) is 15.9 Å². The molecule has 1 aliphatic heterocycles. The van der Waals surface area contributed by atoms with Crippen molar-refractivity contribution in [3.05, 3.63) is 17.0 Å². The smallest absolute Gasteiger partial charge is 0.188 e. The van der Waals surface area contributed by atoms with Crippen LogP contribution in [0.4, 0.5) is 0 Å². The van der Waals surface area contributed by atoms with Gasteiger partial charge in [-0.15, -0.1) is 11.3 Å². The van der Waals surface area contributed by atoms with E-state index in [-0.39, 0.29) is 0 Å². The van der Waals surface area contributed by atoms with Crippen molar-refractivity contribution in [1.29, 1.82) is 0 Å². The zero-order valence-electron chi connectivity index (χ0n) is 9.40. The van der Waals surface area contributed by atoms with E-state index in [2.05, 4.69) is 5.32 Å². The van der Waals surface area contributed by atoms with Crippen LogP contribution >= 0.6 is 11.3 Å². The average molecular weight is 259 g/mol. The molecule has 1 aromatic rings. The summed E-state index contributed by atoms with van der Waals surface area (Å²) in [6.45, 7) is 3.83. The Bertz CT molecular complexity index is 444. The van der Waals surface area contributed by atoms with Crippen molar-refractivity contribution < 1.29 is 8.42 Å². The Morgan fingerprint density at radius 2 is 2.06 bits per heavy atom. The third-order valence-corrected chi connectivity index (χ3v) is 6.40. The van der Waals surface area contributed by atoms with Crippen molar-refractivity contribution in [2.75, 3.05) is 18.8 Å². The van der Waals surface area contributed by atoms with Gasteiger partial charge in [0.05, 0.1) is 5.75 Å². The first-order valence-corrected chi connectivity index (χ1v) is 8.05. The van der Waals surface area contributed by atoms with Gasteiger partial charge in [-0.25, -0.2) is 8.42 Å². The first-order chi connectivity index (χ1) is 7.58. The summed E-state index contributed by atoms with van der Waals surface area (Å²) in [6.07, 6.45) is 1.95. The molecule has 1 N–H and O–H groups in total. The molecule has 0 aliphatic carbocycles. The molecule has 0 amide bonds. The molecule has 90 valence electrons. The minimum absolute atomic E-state index is 0.314. The van der Waals surface area contributed by atoms with E-state index < -0.39 is 9.84 Å². The number of piperidine rings is 1. The SMILES string of the molecule is Cc1ccc(S(=O)(=O)CC2CCNCC2)s1. The first kappa shape index (κ1) is 12.1. The average Bonchev–Trinajstić information content (AvgIpc) is 2.66. The molecule has 0 aromatic carbocycles. The van der Waals surface area contributed by atoms with Crippen LogP contribution in [0.15, 0.2) is 16.3 Å². The Balaban J connectivity index is 2.07. The first-order valence-electron chi connectivity index (χ1n) is 5.58. The van der Waals surface area contributed by atoms with E-state index >= 15 is 0 Å². The van der Waals surface area contributed by atoms with E-state index in [9.17, 15) is 8.42 Å². The van der Waals surface area contributed by atoms with Gasteiger partial charge in [0.25, 0.3) is 0 Å². The molecule has 0 spiro atoms. The molecule has 2 heterocycles. The van der Waals surface area contributed by atoms with Gasteiger partial charge in [0, 0.05) is 4.88 Å². The molecule has 1 aliphatic rings. The van der Waals surface area contributed by atoms with Crippen molar-refractivity contribution in [2.45, 2.75) is 24.0 Å². The van der Waals surface area contributed by atoms with E-state index in [1.165, 1.54) is 11.3 Å². The summed E-state index contributed by atoms with van der Waals surface area (Å²) >= 11 is 1.38. The fraction of sp³-hybridized carbons (Fsp3) is 0.636. The van der Waals surface area contributed by atoms with Gasteiger partial charge < -0.3 is 5.32 Å². The van der Waals surface area contributed by atoms with Gasteiger partial charge in [-0.3, -0.25) is 0 Å². The van der Waals surface area contributed by atoms with Crippen LogP contribution in [0, 0.1) is 12.8 Å². The van der Waals surface area contributed by atoms with Crippen LogP contribution < -0.4 is 5.32 Å². The monoisotopic (exact) mass is 259 g/mol. The molecule has 16 heavy (non-hydrogen) atoms. The van der Waals surface area contributed by atoms with Crippen LogP contribution in [0.25, 0.3) is 0 Å². The zero-order chi connectivity index (χ0) is 11.6. The number of rotatable bonds is 3. The summed E-state index contributed by atoms with van der Waals surface area (Å²) in [6, 6.07) is 3.61. The Morgan fingerprint density at radius 1 is 1.38 bits per heavy atom. The van der Waals surface area contributed by atoms with Crippen LogP contribution in [-0.4, -0.2) is 27.3 Å². The lowest BCUT2D eigenvalue weighted by atomic mass is 10.0. The fourth-order valence-electron chi connectivity index (χ4n) is 2.02. The predicted molar refractivity (Wildman–Crippen MR) is 66.7 cm³/mol. The summed E-state index contributed by atoms with van der Waals surface area (Å²) in [5.41, 5.74) is 0. The largest absolute Gasteiger partial charge is 0.317 e. The van der Waals surface area contributed by atoms with E-state index in [0.717, 1.165) is 30.8 Å². The van der Waals surface area contributed by atoms with Crippen LogP contribution in [0.5, 0.6) is 0 Å². The van der Waals surface area contributed by atoms with Gasteiger partial charge in [0.1, 0.15) is 4.21 Å². The Morgan fingerprint density at radius 3 is 2.62 bits per heavy atom. The molecule has 2 rings (SSSR count). The molecule has 3 nitrogen and oxygen atoms in total. The van der Waals surface area contributed by atoms with Gasteiger partial charge >= 0.3 is 0 Å². The summed E-state index contributed by atoms with van der Waals surface area (Å²) in [5, 5.41) is 3.25. The molecule has 1 saturated heterocycles. The maximum absolute atomic E-state index is 12.1. The van der Waals surface area contributed by atoms with E-state index in [1.807, 2.05) is 13.0 Å². The molecule has 0 atom stereocenters. The predicted octanol–water partition coefficient (Wildman–Crippen LogP) is 1.83. The fourth-order valence-corrected chi connectivity index (χ4v) is 5.11. The van der Waals surface area contributed by atoms with E-state index in [1.54, 1.807) is 6.07 Å². The highest BCUT2D eigenvalue weighted by atomic mass is 32.2. The number of hydrogen-bond acceptors (Lipinski definition) is 4. The van der Waals surface area contributed by atoms with Gasteiger partial charge in [0.2, 0.25) is 0 Å². The number of aryl methyl sites for hydroxylation is 1. The highest BCUT2D eigenvalue weighted by Crippen LogP contribution is 2.25. The molecule has 0 radical (unpaired) electrons. The lowest BCUT2D eigenvalue weighted by molar-refractivity contribution is 0.401. The molecular weight excluding hydrogens is 242 g/mol. The zero-order valence-corrected chi connectivity index (χ0v) is 11.0. The van der Waals surface area contributed by atoms with Crippen molar-refractivity contribution in [2.24, 2.45) is 5.92 Å². The Hall–Kier alpha value is -0.390. The number of thiophene rings is 1. The summed E-state index contributed by atoms with van der Waals surface area (Å²) in [4.78, 5) is 1.06. The highest BCUT2D eigenvalue weighted by Gasteiger charge is 2.23. The van der Waals surface area contributed by atoms with Crippen LogP contribution in [0.3, 0.4) is 0 Å². The molecule has 0 bridgehead atoms. The van der Waals surface area contributed by atoms with Crippen molar-refractivity contribution in [1.82, 2.24) is 5.32 Å². The third-order valence-electron chi connectivity index (χ3n) is 2.94. The second-order valence-corrected chi connectivity index (χ2v) is 7.89. The van der Waals surface area contributed by atoms with Crippen molar-refractivity contribution >= 4 is 21.2 Å². The lowest BCUT2D eigenvalue weighted by Crippen LogP contribution is -2.31. The minimum Gasteiger partial charge on any atom is -0.317 e. The normalized spacial score (nSPS) is 18.8. The molecule has 5 heteroatoms. The molecule has 0 saturated carbocycles. The third kappa shape index (κ3) is 2.84. The molecule has 1 aromatic heterocycles. The molecular formula is C11H17NO2S2. The van der Waals surface area contributed by atoms with Crippen LogP contribution in [0.2, 0.25) is 0 Å². The van der Waals surface area contributed by atoms with Crippen LogP contribution in [0.1, 0.15) is 17.7 Å². The second-order valence-electron chi connectivity index (χ2n) is 4.34. The van der Waals surface area contributed by atoms with Crippen molar-refractivity contribution in [3.8, 4) is 0 Å². The van der Waals surface area contributed by atoms with Gasteiger partial charge in [-0.05, 0) is 50.9 Å². The van der Waals surface area contributed by atoms with E-state index in [4.69, 9.17) is 0 Å². The Kier molecular flexibility index (Phi) is 3.66. The standard InChI is InChI=1S/C11H17NO2S2/c1-9-2-3-11(15-9)16(13,14)8-10-4-6-12-7-5-10/h2-3,10,12H,4-8H2,1H3. The summed E-state index contributed by atoms with van der Waals surface area (Å²) < 4.78 is 24.7. The number of hydrogen-bond donors (Lipinski definition) is 1. The number of nitrogens with one attached hydrogen (secondary N) is 1. The van der Waals surface area contributed by atoms with Gasteiger partial charge in [-0.1, -0.05) is 0 Å². The number of sulfone groups is 1. The minimum atomic E-state index is -3.05.